The summed E-state index contributed by atoms with van der Waals surface area (Å²) < 4.78 is 11.8. The average molecular weight is 493 g/mol. The number of pyridine rings is 1. The number of carboxylic acids is 1. The van der Waals surface area contributed by atoms with Crippen molar-refractivity contribution in [2.75, 3.05) is 39.4 Å². The van der Waals surface area contributed by atoms with Crippen molar-refractivity contribution in [3.63, 3.8) is 0 Å². The number of ether oxygens (including phenoxy) is 1. The Morgan fingerprint density at radius 1 is 1.09 bits per heavy atom. The molecule has 0 bridgehead atoms. The lowest BCUT2D eigenvalue weighted by Gasteiger charge is -2.29. The number of nitrogens with zero attached hydrogens (tertiary/aromatic N) is 3. The van der Waals surface area contributed by atoms with Gasteiger partial charge in [0.15, 0.2) is 5.11 Å². The summed E-state index contributed by atoms with van der Waals surface area (Å²) in [5, 5.41) is 13.7. The van der Waals surface area contributed by atoms with Gasteiger partial charge in [0.05, 0.1) is 30.5 Å². The van der Waals surface area contributed by atoms with Gasteiger partial charge in [-0.05, 0) is 49.0 Å². The predicted molar refractivity (Wildman–Crippen MR) is 135 cm³/mol. The molecule has 2 fully saturated rings. The summed E-state index contributed by atoms with van der Waals surface area (Å²) in [6.07, 6.45) is 2.72. The van der Waals surface area contributed by atoms with E-state index in [-0.39, 0.29) is 17.6 Å². The van der Waals surface area contributed by atoms with E-state index < -0.39 is 5.97 Å². The Morgan fingerprint density at radius 2 is 1.89 bits per heavy atom. The Morgan fingerprint density at radius 3 is 2.66 bits per heavy atom. The number of aromatic carboxylic acids is 1. The van der Waals surface area contributed by atoms with Crippen LogP contribution in [0, 0.1) is 0 Å². The number of nitrogens with one attached hydrogen (secondary N) is 1. The molecule has 35 heavy (non-hydrogen) atoms. The van der Waals surface area contributed by atoms with Crippen molar-refractivity contribution < 1.29 is 19.1 Å². The molecule has 1 aromatic carbocycles. The second-order valence-corrected chi connectivity index (χ2v) is 9.07. The third-order valence-electron chi connectivity index (χ3n) is 6.52. The highest BCUT2D eigenvalue weighted by atomic mass is 32.1. The van der Waals surface area contributed by atoms with E-state index in [1.807, 2.05) is 36.4 Å². The van der Waals surface area contributed by atoms with Crippen LogP contribution in [0.3, 0.4) is 0 Å². The summed E-state index contributed by atoms with van der Waals surface area (Å²) in [6, 6.07) is 16.1. The first kappa shape index (κ1) is 23.5. The molecule has 2 aromatic heterocycles. The fourth-order valence-corrected chi connectivity index (χ4v) is 5.12. The van der Waals surface area contributed by atoms with Gasteiger partial charge < -0.3 is 24.5 Å². The minimum Gasteiger partial charge on any atom is -0.478 e. The zero-order valence-corrected chi connectivity index (χ0v) is 20.1. The fourth-order valence-electron chi connectivity index (χ4n) is 4.79. The quantitative estimate of drug-likeness (QED) is 0.456. The van der Waals surface area contributed by atoms with E-state index in [2.05, 4.69) is 20.1 Å². The Balaban J connectivity index is 1.42. The maximum Gasteiger partial charge on any atom is 0.336 e. The Kier molecular flexibility index (Phi) is 7.08. The SMILES string of the molecule is O=C(O)c1ccccc1-c1ccc([C@@H]2[C@H](c3ccccn3)NC(=S)N2CCCN2CCOCC2)o1. The normalized spacial score (nSPS) is 20.7. The van der Waals surface area contributed by atoms with E-state index in [0.717, 1.165) is 57.3 Å². The van der Waals surface area contributed by atoms with Crippen molar-refractivity contribution in [2.45, 2.75) is 18.5 Å². The topological polar surface area (TPSA) is 91.1 Å². The second kappa shape index (κ2) is 10.6. The van der Waals surface area contributed by atoms with Gasteiger partial charge in [-0.2, -0.15) is 0 Å². The minimum absolute atomic E-state index is 0.180. The van der Waals surface area contributed by atoms with Gasteiger partial charge in [0.1, 0.15) is 17.6 Å². The minimum atomic E-state index is -0.988. The summed E-state index contributed by atoms with van der Waals surface area (Å²) in [4.78, 5) is 20.9. The maximum absolute atomic E-state index is 11.7. The molecule has 8 nitrogen and oxygen atoms in total. The van der Waals surface area contributed by atoms with Gasteiger partial charge in [-0.15, -0.1) is 0 Å². The summed E-state index contributed by atoms with van der Waals surface area (Å²) in [7, 11) is 0. The molecule has 0 spiro atoms. The predicted octanol–water partition coefficient (Wildman–Crippen LogP) is 3.73. The van der Waals surface area contributed by atoms with Gasteiger partial charge in [-0.25, -0.2) is 4.79 Å². The molecule has 182 valence electrons. The zero-order valence-electron chi connectivity index (χ0n) is 19.3. The van der Waals surface area contributed by atoms with E-state index >= 15 is 0 Å². The van der Waals surface area contributed by atoms with E-state index in [4.69, 9.17) is 21.4 Å². The lowest BCUT2D eigenvalue weighted by molar-refractivity contribution is 0.0365. The summed E-state index contributed by atoms with van der Waals surface area (Å²) in [6.45, 7) is 5.19. The molecular weight excluding hydrogens is 464 g/mol. The molecule has 0 saturated carbocycles. The molecular formula is C26H28N4O4S. The summed E-state index contributed by atoms with van der Waals surface area (Å²) in [5.41, 5.74) is 1.63. The van der Waals surface area contributed by atoms with Crippen LogP contribution in [0.5, 0.6) is 0 Å². The van der Waals surface area contributed by atoms with Crippen LogP contribution in [0.4, 0.5) is 0 Å². The summed E-state index contributed by atoms with van der Waals surface area (Å²) in [5.74, 6) is 0.247. The lowest BCUT2D eigenvalue weighted by atomic mass is 10.0. The molecule has 0 amide bonds. The van der Waals surface area contributed by atoms with E-state index in [1.54, 1.807) is 24.4 Å². The number of hydrogen-bond donors (Lipinski definition) is 2. The average Bonchev–Trinajstić information content (AvgIpc) is 3.50. The molecule has 2 atom stereocenters. The number of aromatic nitrogens is 1. The van der Waals surface area contributed by atoms with Crippen LogP contribution >= 0.6 is 12.2 Å². The fraction of sp³-hybridized carbons (Fsp3) is 0.346. The van der Waals surface area contributed by atoms with Crippen molar-refractivity contribution in [1.29, 1.82) is 0 Å². The standard InChI is InChI=1S/C26H28N4O4S/c31-25(32)19-7-2-1-6-18(19)21-9-10-22(34-21)24-23(20-8-3-4-11-27-20)28-26(35)30(24)13-5-12-29-14-16-33-17-15-29/h1-4,6-11,23-24H,5,12-17H2,(H,28,35)(H,31,32)/t23-,24+/m0/s1. The van der Waals surface area contributed by atoms with Crippen molar-refractivity contribution in [3.05, 3.63) is 77.8 Å². The van der Waals surface area contributed by atoms with Crippen molar-refractivity contribution in [3.8, 4) is 11.3 Å². The van der Waals surface area contributed by atoms with Gasteiger partial charge in [-0.3, -0.25) is 9.88 Å². The Labute approximate surface area is 209 Å². The largest absolute Gasteiger partial charge is 0.478 e. The van der Waals surface area contributed by atoms with Crippen molar-refractivity contribution in [1.82, 2.24) is 20.1 Å². The maximum atomic E-state index is 11.7. The first-order valence-corrected chi connectivity index (χ1v) is 12.2. The van der Waals surface area contributed by atoms with Crippen molar-refractivity contribution >= 4 is 23.3 Å². The molecule has 2 N–H and O–H groups in total. The molecule has 9 heteroatoms. The van der Waals surface area contributed by atoms with Crippen LogP contribution in [0.2, 0.25) is 0 Å². The number of benzene rings is 1. The highest BCUT2D eigenvalue weighted by Gasteiger charge is 2.41. The van der Waals surface area contributed by atoms with Crippen molar-refractivity contribution in [2.24, 2.45) is 0 Å². The molecule has 0 radical (unpaired) electrons. The van der Waals surface area contributed by atoms with Gasteiger partial charge in [0.2, 0.25) is 0 Å². The number of rotatable bonds is 8. The van der Waals surface area contributed by atoms with E-state index in [9.17, 15) is 9.90 Å². The highest BCUT2D eigenvalue weighted by molar-refractivity contribution is 7.80. The highest BCUT2D eigenvalue weighted by Crippen LogP contribution is 2.40. The number of hydrogen-bond acceptors (Lipinski definition) is 6. The molecule has 2 saturated heterocycles. The van der Waals surface area contributed by atoms with Gasteiger partial charge >= 0.3 is 5.97 Å². The third kappa shape index (κ3) is 5.07. The molecule has 0 unspecified atom stereocenters. The second-order valence-electron chi connectivity index (χ2n) is 8.68. The van der Waals surface area contributed by atoms with Crippen LogP contribution in [0.15, 0.2) is 65.2 Å². The van der Waals surface area contributed by atoms with E-state index in [0.29, 0.717) is 16.4 Å². The number of furan rings is 1. The number of carboxylic acid groups (broad SMARTS) is 1. The Hall–Kier alpha value is -3.27. The molecule has 4 heterocycles. The number of morpholine rings is 1. The van der Waals surface area contributed by atoms with Crippen LogP contribution < -0.4 is 5.32 Å². The van der Waals surface area contributed by atoms with Gasteiger partial charge in [0, 0.05) is 37.9 Å². The molecule has 2 aliphatic rings. The Bertz CT molecular complexity index is 1180. The molecule has 2 aliphatic heterocycles. The van der Waals surface area contributed by atoms with Gasteiger partial charge in [0.25, 0.3) is 0 Å². The van der Waals surface area contributed by atoms with Crippen LogP contribution in [-0.2, 0) is 4.74 Å². The number of thiocarbonyl (C=S) groups is 1. The van der Waals surface area contributed by atoms with Crippen LogP contribution in [0.1, 0.15) is 40.3 Å². The first-order valence-electron chi connectivity index (χ1n) is 11.8. The molecule has 0 aliphatic carbocycles. The van der Waals surface area contributed by atoms with Gasteiger partial charge in [-0.1, -0.05) is 24.3 Å². The smallest absolute Gasteiger partial charge is 0.336 e. The zero-order chi connectivity index (χ0) is 24.2. The third-order valence-corrected chi connectivity index (χ3v) is 6.87. The monoisotopic (exact) mass is 492 g/mol. The molecule has 3 aromatic rings. The van der Waals surface area contributed by atoms with E-state index in [1.165, 1.54) is 0 Å². The first-order chi connectivity index (χ1) is 17.1. The number of carbonyl (C=O) groups is 1. The lowest BCUT2D eigenvalue weighted by Crippen LogP contribution is -2.38. The molecule has 5 rings (SSSR count). The summed E-state index contributed by atoms with van der Waals surface area (Å²) >= 11 is 5.75. The van der Waals surface area contributed by atoms with Crippen LogP contribution in [-0.4, -0.2) is 70.4 Å². The van der Waals surface area contributed by atoms with Crippen LogP contribution in [0.25, 0.3) is 11.3 Å².